The van der Waals surface area contributed by atoms with Gasteiger partial charge >= 0.3 is 0 Å². The number of nitrogens with one attached hydrogen (secondary N) is 2. The van der Waals surface area contributed by atoms with Crippen molar-refractivity contribution in [3.63, 3.8) is 0 Å². The van der Waals surface area contributed by atoms with Gasteiger partial charge in [-0.1, -0.05) is 15.9 Å². The molecule has 9 nitrogen and oxygen atoms in total. The Balaban J connectivity index is 1.60. The molecular formula is C25H27BrN6O3. The highest BCUT2D eigenvalue weighted by Crippen LogP contribution is 2.32. The Kier molecular flexibility index (Phi) is 6.93. The van der Waals surface area contributed by atoms with Crippen molar-refractivity contribution in [1.29, 1.82) is 0 Å². The number of hydrogen-bond acceptors (Lipinski definition) is 6. The number of nitrogens with zero attached hydrogens (tertiary/aromatic N) is 3. The number of fused-ring (bicyclic) bond motifs is 1. The average molecular weight is 539 g/mol. The predicted octanol–water partition coefficient (Wildman–Crippen LogP) is 3.88. The molecule has 2 amide bonds. The molecule has 0 bridgehead atoms. The summed E-state index contributed by atoms with van der Waals surface area (Å²) in [6, 6.07) is 11.7. The summed E-state index contributed by atoms with van der Waals surface area (Å²) in [5.74, 6) is 0.542. The first kappa shape index (κ1) is 24.5. The Morgan fingerprint density at radius 1 is 1.26 bits per heavy atom. The molecule has 1 unspecified atom stereocenters. The second-order valence-electron chi connectivity index (χ2n) is 8.57. The number of nitrogens with two attached hydrogens (primary N) is 1. The van der Waals surface area contributed by atoms with Crippen molar-refractivity contribution in [3.8, 4) is 5.75 Å². The zero-order valence-corrected chi connectivity index (χ0v) is 21.3. The zero-order valence-electron chi connectivity index (χ0n) is 19.8. The Morgan fingerprint density at radius 2 is 2.06 bits per heavy atom. The first-order valence-electron chi connectivity index (χ1n) is 11.1. The number of hydrogen-bond donors (Lipinski definition) is 3. The van der Waals surface area contributed by atoms with E-state index in [2.05, 4.69) is 31.6 Å². The predicted molar refractivity (Wildman–Crippen MR) is 140 cm³/mol. The number of primary amides is 1. The Hall–Kier alpha value is -3.66. The quantitative estimate of drug-likeness (QED) is 0.401. The number of anilines is 2. The van der Waals surface area contributed by atoms with E-state index >= 15 is 0 Å². The molecule has 1 atom stereocenters. The first-order chi connectivity index (χ1) is 16.7. The molecule has 2 aromatic carbocycles. The molecule has 0 spiro atoms. The number of amides is 2. The number of carbonyl (C=O) groups excluding carboxylic acids is 2. The molecule has 1 aliphatic heterocycles. The number of benzene rings is 2. The van der Waals surface area contributed by atoms with E-state index in [0.717, 1.165) is 26.8 Å². The fraction of sp³-hybridized carbons (Fsp3) is 0.280. The normalized spacial score (nSPS) is 17.2. The minimum atomic E-state index is -0.882. The molecule has 3 aromatic rings. The van der Waals surface area contributed by atoms with E-state index in [0.29, 0.717) is 24.7 Å². The van der Waals surface area contributed by atoms with Crippen LogP contribution >= 0.6 is 15.9 Å². The standard InChI is InChI=1S/C25H27BrN6O3/c1-15-12-17(4-6-19(15)26)30-24-31-20-13-18(5-7-22(20)32(24)3)35-25(8-10-28-16(2)33)9-11-29-21(14-25)23(27)34/h4-7,9,11-13H,8,10,14H2,1-3H3,(H2,27,34)(H,28,33)(H,30,31). The van der Waals surface area contributed by atoms with Crippen molar-refractivity contribution in [2.45, 2.75) is 32.3 Å². The van der Waals surface area contributed by atoms with E-state index in [1.807, 2.05) is 54.9 Å². The van der Waals surface area contributed by atoms with Crippen molar-refractivity contribution < 1.29 is 14.3 Å². The number of aliphatic imine (C=N–C) groups is 1. The SMILES string of the molecule is CC(=O)NCCC1(Oc2ccc3c(c2)nc(Nc2ccc(Br)c(C)c2)n3C)C=CN=C(C(N)=O)C1. The lowest BCUT2D eigenvalue weighted by molar-refractivity contribution is -0.119. The molecule has 4 rings (SSSR count). The van der Waals surface area contributed by atoms with E-state index < -0.39 is 11.5 Å². The summed E-state index contributed by atoms with van der Waals surface area (Å²) in [5, 5.41) is 6.15. The van der Waals surface area contributed by atoms with Gasteiger partial charge in [-0.25, -0.2) is 4.98 Å². The number of carbonyl (C=O) groups is 2. The van der Waals surface area contributed by atoms with Crippen molar-refractivity contribution in [2.24, 2.45) is 17.8 Å². The molecule has 182 valence electrons. The number of ether oxygens (including phenoxy) is 1. The Morgan fingerprint density at radius 3 is 2.77 bits per heavy atom. The number of rotatable bonds is 8. The third-order valence-corrected chi connectivity index (χ3v) is 6.76. The van der Waals surface area contributed by atoms with Crippen molar-refractivity contribution >= 4 is 56.1 Å². The molecular weight excluding hydrogens is 512 g/mol. The third-order valence-electron chi connectivity index (χ3n) is 5.87. The molecule has 0 aliphatic carbocycles. The second-order valence-corrected chi connectivity index (χ2v) is 9.42. The minimum absolute atomic E-state index is 0.139. The Bertz CT molecular complexity index is 1360. The van der Waals surface area contributed by atoms with Gasteiger partial charge in [0, 0.05) is 55.8 Å². The van der Waals surface area contributed by atoms with Gasteiger partial charge in [0.1, 0.15) is 17.1 Å². The fourth-order valence-electron chi connectivity index (χ4n) is 3.99. The average Bonchev–Trinajstić information content (AvgIpc) is 3.10. The van der Waals surface area contributed by atoms with E-state index in [1.54, 1.807) is 6.08 Å². The zero-order chi connectivity index (χ0) is 25.2. The van der Waals surface area contributed by atoms with Crippen LogP contribution in [0.3, 0.4) is 0 Å². The van der Waals surface area contributed by atoms with Gasteiger partial charge in [-0.05, 0) is 48.9 Å². The van der Waals surface area contributed by atoms with Gasteiger partial charge in [0.05, 0.1) is 11.0 Å². The number of imidazole rings is 1. The summed E-state index contributed by atoms with van der Waals surface area (Å²) in [4.78, 5) is 32.0. The Labute approximate surface area is 211 Å². The van der Waals surface area contributed by atoms with Crippen LogP contribution in [0.1, 0.15) is 25.3 Å². The lowest BCUT2D eigenvalue weighted by Gasteiger charge is -2.33. The van der Waals surface area contributed by atoms with E-state index in [-0.39, 0.29) is 18.0 Å². The molecule has 35 heavy (non-hydrogen) atoms. The van der Waals surface area contributed by atoms with Crippen molar-refractivity contribution in [1.82, 2.24) is 14.9 Å². The van der Waals surface area contributed by atoms with Crippen molar-refractivity contribution in [3.05, 3.63) is 58.7 Å². The van der Waals surface area contributed by atoms with Crippen LogP contribution in [0.15, 0.2) is 58.1 Å². The van der Waals surface area contributed by atoms with Gasteiger partial charge < -0.3 is 25.7 Å². The van der Waals surface area contributed by atoms with Crippen LogP contribution in [0.4, 0.5) is 11.6 Å². The third kappa shape index (κ3) is 5.54. The highest BCUT2D eigenvalue weighted by molar-refractivity contribution is 9.10. The van der Waals surface area contributed by atoms with Gasteiger partial charge in [0.15, 0.2) is 0 Å². The molecule has 1 aliphatic rings. The van der Waals surface area contributed by atoms with Crippen LogP contribution in [-0.2, 0) is 16.6 Å². The van der Waals surface area contributed by atoms with Crippen LogP contribution in [0, 0.1) is 6.92 Å². The topological polar surface area (TPSA) is 124 Å². The highest BCUT2D eigenvalue weighted by atomic mass is 79.9. The smallest absolute Gasteiger partial charge is 0.263 e. The van der Waals surface area contributed by atoms with Gasteiger partial charge in [-0.3, -0.25) is 14.6 Å². The van der Waals surface area contributed by atoms with Gasteiger partial charge in [0.2, 0.25) is 11.9 Å². The van der Waals surface area contributed by atoms with Crippen LogP contribution in [-0.4, -0.2) is 39.2 Å². The highest BCUT2D eigenvalue weighted by Gasteiger charge is 2.35. The summed E-state index contributed by atoms with van der Waals surface area (Å²) < 4.78 is 9.43. The first-order valence-corrected chi connectivity index (χ1v) is 11.9. The maximum atomic E-state index is 11.8. The maximum Gasteiger partial charge on any atom is 0.263 e. The van der Waals surface area contributed by atoms with Gasteiger partial charge in [-0.15, -0.1) is 0 Å². The summed E-state index contributed by atoms with van der Waals surface area (Å²) in [5.41, 5.74) is 8.56. The summed E-state index contributed by atoms with van der Waals surface area (Å²) in [6.45, 7) is 3.86. The summed E-state index contributed by atoms with van der Waals surface area (Å²) in [7, 11) is 1.94. The maximum absolute atomic E-state index is 11.8. The van der Waals surface area contributed by atoms with Crippen molar-refractivity contribution in [2.75, 3.05) is 11.9 Å². The molecule has 0 radical (unpaired) electrons. The number of halogens is 1. The largest absolute Gasteiger partial charge is 0.483 e. The molecule has 0 saturated carbocycles. The minimum Gasteiger partial charge on any atom is -0.483 e. The summed E-state index contributed by atoms with van der Waals surface area (Å²) >= 11 is 3.52. The fourth-order valence-corrected chi connectivity index (χ4v) is 4.23. The number of aromatic nitrogens is 2. The lowest BCUT2D eigenvalue weighted by atomic mass is 9.90. The van der Waals surface area contributed by atoms with Gasteiger partial charge in [0.25, 0.3) is 5.91 Å². The van der Waals surface area contributed by atoms with E-state index in [1.165, 1.54) is 13.1 Å². The van der Waals surface area contributed by atoms with Crippen LogP contribution in [0.25, 0.3) is 11.0 Å². The van der Waals surface area contributed by atoms with Crippen LogP contribution < -0.4 is 21.1 Å². The van der Waals surface area contributed by atoms with Crippen LogP contribution in [0.5, 0.6) is 5.75 Å². The van der Waals surface area contributed by atoms with E-state index in [4.69, 9.17) is 15.5 Å². The lowest BCUT2D eigenvalue weighted by Crippen LogP contribution is -2.44. The molecule has 4 N–H and O–H groups in total. The molecule has 0 fully saturated rings. The van der Waals surface area contributed by atoms with Crippen LogP contribution in [0.2, 0.25) is 0 Å². The summed E-state index contributed by atoms with van der Waals surface area (Å²) in [6.07, 6.45) is 3.96. The van der Waals surface area contributed by atoms with Gasteiger partial charge in [-0.2, -0.15) is 0 Å². The van der Waals surface area contributed by atoms with E-state index in [9.17, 15) is 9.59 Å². The number of aryl methyl sites for hydroxylation is 2. The molecule has 10 heteroatoms. The molecule has 2 heterocycles. The molecule has 1 aromatic heterocycles. The molecule has 0 saturated heterocycles. The second kappa shape index (κ2) is 9.91. The monoisotopic (exact) mass is 538 g/mol.